The third-order valence-corrected chi connectivity index (χ3v) is 8.53. The Kier molecular flexibility index (Phi) is 7.43. The van der Waals surface area contributed by atoms with Crippen LogP contribution in [0, 0.1) is 23.3 Å². The molecule has 4 aromatic rings. The zero-order chi connectivity index (χ0) is 29.5. The van der Waals surface area contributed by atoms with Gasteiger partial charge in [-0.3, -0.25) is 0 Å². The monoisotopic (exact) mass is 578 g/mol. The van der Waals surface area contributed by atoms with Gasteiger partial charge in [-0.25, -0.2) is 17.6 Å². The van der Waals surface area contributed by atoms with Gasteiger partial charge >= 0.3 is 0 Å². The summed E-state index contributed by atoms with van der Waals surface area (Å²) in [6, 6.07) is 20.8. The third kappa shape index (κ3) is 4.92. The molecular weight excluding hydrogens is 548 g/mol. The van der Waals surface area contributed by atoms with Crippen molar-refractivity contribution < 1.29 is 37.2 Å². The maximum absolute atomic E-state index is 14.1. The molecule has 42 heavy (non-hydrogen) atoms. The summed E-state index contributed by atoms with van der Waals surface area (Å²) in [5.74, 6) is -3.30. The first kappa shape index (κ1) is 28.6. The minimum atomic E-state index is -2.08. The first-order valence-electron chi connectivity index (χ1n) is 14.0. The van der Waals surface area contributed by atoms with Gasteiger partial charge in [0.1, 0.15) is 46.7 Å². The van der Waals surface area contributed by atoms with Crippen molar-refractivity contribution in [2.24, 2.45) is 0 Å². The fraction of sp³-hybridized carbons (Fsp3) is 0.294. The summed E-state index contributed by atoms with van der Waals surface area (Å²) < 4.78 is 69.7. The molecule has 0 radical (unpaired) electrons. The summed E-state index contributed by atoms with van der Waals surface area (Å²) in [6.45, 7) is 0. The van der Waals surface area contributed by atoms with Crippen molar-refractivity contribution in [3.05, 3.63) is 143 Å². The van der Waals surface area contributed by atoms with Crippen molar-refractivity contribution in [1.29, 1.82) is 0 Å². The molecule has 1 aliphatic heterocycles. The second-order valence-electron chi connectivity index (χ2n) is 11.1. The van der Waals surface area contributed by atoms with Crippen LogP contribution >= 0.6 is 0 Å². The maximum Gasteiger partial charge on any atom is 0.169 e. The smallest absolute Gasteiger partial charge is 0.169 e. The van der Waals surface area contributed by atoms with Gasteiger partial charge in [0.25, 0.3) is 0 Å². The summed E-state index contributed by atoms with van der Waals surface area (Å²) >= 11 is 0. The molecule has 8 heteroatoms. The van der Waals surface area contributed by atoms with Crippen molar-refractivity contribution in [1.82, 2.24) is 0 Å². The van der Waals surface area contributed by atoms with Gasteiger partial charge in [-0.2, -0.15) is 0 Å². The Balaban J connectivity index is 1.60. The Labute approximate surface area is 241 Å². The molecule has 0 aromatic heterocycles. The predicted octanol–water partition coefficient (Wildman–Crippen LogP) is 6.86. The second kappa shape index (κ2) is 10.9. The molecule has 0 amide bonds. The molecule has 218 valence electrons. The number of ether oxygens (including phenoxy) is 2. The lowest BCUT2D eigenvalue weighted by Crippen LogP contribution is -2.55. The van der Waals surface area contributed by atoms with Gasteiger partial charge in [0.15, 0.2) is 5.79 Å². The van der Waals surface area contributed by atoms with Crippen LogP contribution in [0.25, 0.3) is 0 Å². The number of benzene rings is 4. The SMILES string of the molecule is OC(c1ccc(F)cc1)(c1ccc(F)cc1)[C@@H]1OC2(CCCCC2)O[C@H]1C(O)(c1ccc(F)cc1)c1ccc(F)cc1. The van der Waals surface area contributed by atoms with Crippen LogP contribution in [-0.4, -0.2) is 28.2 Å². The van der Waals surface area contributed by atoms with Crippen molar-refractivity contribution >= 4 is 0 Å². The molecule has 1 heterocycles. The zero-order valence-corrected chi connectivity index (χ0v) is 22.7. The van der Waals surface area contributed by atoms with Gasteiger partial charge in [-0.1, -0.05) is 55.0 Å². The summed E-state index contributed by atoms with van der Waals surface area (Å²) in [5.41, 5.74) is -3.27. The molecule has 0 bridgehead atoms. The summed E-state index contributed by atoms with van der Waals surface area (Å²) in [5, 5.41) is 25.6. The average Bonchev–Trinajstić information content (AvgIpc) is 3.37. The number of hydrogen-bond acceptors (Lipinski definition) is 4. The van der Waals surface area contributed by atoms with E-state index in [-0.39, 0.29) is 22.3 Å². The Morgan fingerprint density at radius 1 is 0.476 bits per heavy atom. The highest BCUT2D eigenvalue weighted by Crippen LogP contribution is 2.53. The minimum absolute atomic E-state index is 0.225. The first-order valence-corrected chi connectivity index (χ1v) is 14.0. The van der Waals surface area contributed by atoms with Gasteiger partial charge in [0, 0.05) is 12.8 Å². The van der Waals surface area contributed by atoms with E-state index < -0.39 is 52.5 Å². The van der Waals surface area contributed by atoms with Gasteiger partial charge in [-0.15, -0.1) is 0 Å². The van der Waals surface area contributed by atoms with E-state index in [2.05, 4.69) is 0 Å². The van der Waals surface area contributed by atoms with Crippen molar-refractivity contribution in [2.75, 3.05) is 0 Å². The Bertz CT molecular complexity index is 1310. The Morgan fingerprint density at radius 2 is 0.738 bits per heavy atom. The molecule has 1 saturated heterocycles. The Hall–Kier alpha value is -3.56. The molecule has 2 N–H and O–H groups in total. The topological polar surface area (TPSA) is 58.9 Å². The van der Waals surface area contributed by atoms with Crippen molar-refractivity contribution in [3.8, 4) is 0 Å². The van der Waals surface area contributed by atoms with Crippen LogP contribution in [0.15, 0.2) is 97.1 Å². The largest absolute Gasteiger partial charge is 0.378 e. The van der Waals surface area contributed by atoms with Gasteiger partial charge < -0.3 is 19.7 Å². The van der Waals surface area contributed by atoms with Crippen molar-refractivity contribution in [2.45, 2.75) is 61.3 Å². The molecule has 2 atom stereocenters. The molecule has 4 nitrogen and oxygen atoms in total. The fourth-order valence-corrected chi connectivity index (χ4v) is 6.36. The fourth-order valence-electron chi connectivity index (χ4n) is 6.36. The summed E-state index contributed by atoms with van der Waals surface area (Å²) in [4.78, 5) is 0. The molecule has 1 aliphatic carbocycles. The molecular formula is C34H30F4O4. The molecule has 6 rings (SSSR count). The van der Waals surface area contributed by atoms with E-state index >= 15 is 0 Å². The number of rotatable bonds is 6. The minimum Gasteiger partial charge on any atom is -0.378 e. The van der Waals surface area contributed by atoms with Crippen LogP contribution < -0.4 is 0 Å². The second-order valence-corrected chi connectivity index (χ2v) is 11.1. The van der Waals surface area contributed by atoms with Gasteiger partial charge in [0.2, 0.25) is 0 Å². The van der Waals surface area contributed by atoms with Crippen LogP contribution in [0.1, 0.15) is 54.4 Å². The predicted molar refractivity (Wildman–Crippen MR) is 147 cm³/mol. The van der Waals surface area contributed by atoms with Crippen LogP contribution in [0.5, 0.6) is 0 Å². The lowest BCUT2D eigenvalue weighted by molar-refractivity contribution is -0.213. The van der Waals surface area contributed by atoms with E-state index in [0.717, 1.165) is 19.3 Å². The summed E-state index contributed by atoms with van der Waals surface area (Å²) in [7, 11) is 0. The van der Waals surface area contributed by atoms with E-state index in [1.807, 2.05) is 0 Å². The third-order valence-electron chi connectivity index (χ3n) is 8.53. The Morgan fingerprint density at radius 3 is 1.00 bits per heavy atom. The van der Waals surface area contributed by atoms with Crippen LogP contribution in [0.3, 0.4) is 0 Å². The average molecular weight is 579 g/mol. The standard InChI is InChI=1S/C34H30F4O4/c35-26-12-4-22(5-13-26)33(39,23-6-14-27(36)15-7-23)30-31(42-32(41-30)20-2-1-3-21-32)34(40,24-8-16-28(37)17-9-24)25-10-18-29(38)19-11-25/h4-19,30-31,39-40H,1-3,20-21H2/t30-,31-/m1/s1. The first-order chi connectivity index (χ1) is 20.1. The van der Waals surface area contributed by atoms with E-state index in [9.17, 15) is 27.8 Å². The maximum atomic E-state index is 14.1. The van der Waals surface area contributed by atoms with Gasteiger partial charge in [-0.05, 0) is 83.6 Å². The summed E-state index contributed by atoms with van der Waals surface area (Å²) in [6.07, 6.45) is 0.771. The highest BCUT2D eigenvalue weighted by Gasteiger charge is 2.63. The lowest BCUT2D eigenvalue weighted by Gasteiger charge is -2.42. The normalized spacial score (nSPS) is 20.6. The van der Waals surface area contributed by atoms with E-state index in [1.165, 1.54) is 97.1 Å². The number of aliphatic hydroxyl groups is 2. The number of halogens is 4. The molecule has 4 aromatic carbocycles. The van der Waals surface area contributed by atoms with Crippen LogP contribution in [0.4, 0.5) is 17.6 Å². The molecule has 1 spiro atoms. The van der Waals surface area contributed by atoms with E-state index in [4.69, 9.17) is 9.47 Å². The lowest BCUT2D eigenvalue weighted by atomic mass is 9.72. The van der Waals surface area contributed by atoms with E-state index in [1.54, 1.807) is 0 Å². The van der Waals surface area contributed by atoms with Crippen LogP contribution in [-0.2, 0) is 20.7 Å². The molecule has 1 saturated carbocycles. The highest BCUT2D eigenvalue weighted by molar-refractivity contribution is 5.44. The molecule has 2 fully saturated rings. The van der Waals surface area contributed by atoms with Gasteiger partial charge in [0.05, 0.1) is 0 Å². The van der Waals surface area contributed by atoms with Crippen molar-refractivity contribution in [3.63, 3.8) is 0 Å². The zero-order valence-electron chi connectivity index (χ0n) is 22.7. The molecule has 2 aliphatic rings. The van der Waals surface area contributed by atoms with E-state index in [0.29, 0.717) is 12.8 Å². The highest BCUT2D eigenvalue weighted by atomic mass is 19.1. The molecule has 0 unspecified atom stereocenters. The van der Waals surface area contributed by atoms with Crippen LogP contribution in [0.2, 0.25) is 0 Å². The quantitative estimate of drug-likeness (QED) is 0.246. The number of hydrogen-bond donors (Lipinski definition) is 2.